The highest BCUT2D eigenvalue weighted by Gasteiger charge is 2.27. The van der Waals surface area contributed by atoms with E-state index in [1.54, 1.807) is 17.0 Å². The Morgan fingerprint density at radius 2 is 1.65 bits per heavy atom. The second-order valence-electron chi connectivity index (χ2n) is 7.56. The summed E-state index contributed by atoms with van der Waals surface area (Å²) in [5, 5.41) is 0. The third-order valence-electron chi connectivity index (χ3n) is 5.47. The van der Waals surface area contributed by atoms with E-state index in [9.17, 15) is 14.4 Å². The molecule has 0 radical (unpaired) electrons. The molecular formula is C24H29N3O4. The SMILES string of the molecule is CCc1ccc(C(=O)NNC(=O)C2CCN(C(=O)CCOc3ccccc3)CC2)cc1. The molecule has 0 aliphatic carbocycles. The highest BCUT2D eigenvalue weighted by molar-refractivity contribution is 5.95. The van der Waals surface area contributed by atoms with Gasteiger partial charge in [0, 0.05) is 24.6 Å². The highest BCUT2D eigenvalue weighted by Crippen LogP contribution is 2.18. The molecule has 0 unspecified atom stereocenters. The first-order valence-electron chi connectivity index (χ1n) is 10.7. The van der Waals surface area contributed by atoms with Crippen LogP contribution < -0.4 is 15.6 Å². The molecule has 0 spiro atoms. The molecule has 3 rings (SSSR count). The molecule has 1 saturated heterocycles. The van der Waals surface area contributed by atoms with Crippen LogP contribution in [0.1, 0.15) is 42.1 Å². The lowest BCUT2D eigenvalue weighted by molar-refractivity contribution is -0.136. The maximum atomic E-state index is 12.4. The molecule has 3 amide bonds. The molecule has 1 heterocycles. The summed E-state index contributed by atoms with van der Waals surface area (Å²) in [5.74, 6) is -0.0277. The van der Waals surface area contributed by atoms with Crippen molar-refractivity contribution in [3.63, 3.8) is 0 Å². The molecule has 2 aromatic rings. The third-order valence-corrected chi connectivity index (χ3v) is 5.47. The van der Waals surface area contributed by atoms with E-state index in [1.165, 1.54) is 0 Å². The lowest BCUT2D eigenvalue weighted by atomic mass is 9.96. The van der Waals surface area contributed by atoms with E-state index in [2.05, 4.69) is 10.9 Å². The van der Waals surface area contributed by atoms with Crippen LogP contribution in [0.2, 0.25) is 0 Å². The molecule has 0 aromatic heterocycles. The lowest BCUT2D eigenvalue weighted by Gasteiger charge is -2.31. The first-order valence-corrected chi connectivity index (χ1v) is 10.7. The minimum atomic E-state index is -0.345. The molecule has 1 aliphatic rings. The molecule has 2 aromatic carbocycles. The maximum Gasteiger partial charge on any atom is 0.269 e. The molecule has 7 nitrogen and oxygen atoms in total. The molecule has 164 valence electrons. The Morgan fingerprint density at radius 1 is 0.968 bits per heavy atom. The van der Waals surface area contributed by atoms with Gasteiger partial charge >= 0.3 is 0 Å². The number of nitrogens with zero attached hydrogens (tertiary/aromatic N) is 1. The van der Waals surface area contributed by atoms with Crippen LogP contribution in [0.15, 0.2) is 54.6 Å². The number of aryl methyl sites for hydroxylation is 1. The fourth-order valence-electron chi connectivity index (χ4n) is 3.51. The largest absolute Gasteiger partial charge is 0.493 e. The van der Waals surface area contributed by atoms with Gasteiger partial charge in [0.25, 0.3) is 5.91 Å². The Labute approximate surface area is 182 Å². The maximum absolute atomic E-state index is 12.4. The minimum absolute atomic E-state index is 0.0265. The number of benzene rings is 2. The number of nitrogens with one attached hydrogen (secondary N) is 2. The van der Waals surface area contributed by atoms with E-state index >= 15 is 0 Å². The van der Waals surface area contributed by atoms with E-state index < -0.39 is 0 Å². The van der Waals surface area contributed by atoms with Crippen molar-refractivity contribution in [1.82, 2.24) is 15.8 Å². The number of ether oxygens (including phenoxy) is 1. The van der Waals surface area contributed by atoms with Gasteiger partial charge in [-0.15, -0.1) is 0 Å². The van der Waals surface area contributed by atoms with Gasteiger partial charge in [0.05, 0.1) is 13.0 Å². The summed E-state index contributed by atoms with van der Waals surface area (Å²) in [7, 11) is 0. The second kappa shape index (κ2) is 11.2. The topological polar surface area (TPSA) is 87.7 Å². The van der Waals surface area contributed by atoms with Gasteiger partial charge in [0.2, 0.25) is 11.8 Å². The van der Waals surface area contributed by atoms with Gasteiger partial charge < -0.3 is 9.64 Å². The van der Waals surface area contributed by atoms with Gasteiger partial charge in [0.1, 0.15) is 5.75 Å². The van der Waals surface area contributed by atoms with E-state index in [0.717, 1.165) is 17.7 Å². The molecule has 0 bridgehead atoms. The molecule has 1 aliphatic heterocycles. The number of hydrazine groups is 1. The molecule has 0 atom stereocenters. The van der Waals surface area contributed by atoms with Gasteiger partial charge in [-0.05, 0) is 49.1 Å². The zero-order valence-corrected chi connectivity index (χ0v) is 17.8. The number of rotatable bonds is 7. The summed E-state index contributed by atoms with van der Waals surface area (Å²) in [6.45, 7) is 3.42. The summed E-state index contributed by atoms with van der Waals surface area (Å²) < 4.78 is 5.58. The van der Waals surface area contributed by atoms with E-state index in [-0.39, 0.29) is 23.6 Å². The summed E-state index contributed by atoms with van der Waals surface area (Å²) >= 11 is 0. The normalized spacial score (nSPS) is 14.0. The number of likely N-dealkylation sites (tertiary alicyclic amines) is 1. The average molecular weight is 424 g/mol. The first kappa shape index (κ1) is 22.3. The number of carbonyl (C=O) groups is 3. The van der Waals surface area contributed by atoms with Crippen molar-refractivity contribution in [1.29, 1.82) is 0 Å². The molecule has 1 fully saturated rings. The average Bonchev–Trinajstić information content (AvgIpc) is 2.83. The number of piperidine rings is 1. The number of hydrogen-bond acceptors (Lipinski definition) is 4. The van der Waals surface area contributed by atoms with Crippen molar-refractivity contribution in [2.24, 2.45) is 5.92 Å². The first-order chi connectivity index (χ1) is 15.1. The molecular weight excluding hydrogens is 394 g/mol. The van der Waals surface area contributed by atoms with Crippen molar-refractivity contribution >= 4 is 17.7 Å². The fraction of sp³-hybridized carbons (Fsp3) is 0.375. The van der Waals surface area contributed by atoms with E-state index in [4.69, 9.17) is 4.74 Å². The fourth-order valence-corrected chi connectivity index (χ4v) is 3.51. The van der Waals surface area contributed by atoms with Crippen molar-refractivity contribution in [2.75, 3.05) is 19.7 Å². The highest BCUT2D eigenvalue weighted by atomic mass is 16.5. The number of hydrogen-bond donors (Lipinski definition) is 2. The van der Waals surface area contributed by atoms with E-state index in [0.29, 0.717) is 44.5 Å². The lowest BCUT2D eigenvalue weighted by Crippen LogP contribution is -2.48. The van der Waals surface area contributed by atoms with Crippen molar-refractivity contribution in [2.45, 2.75) is 32.6 Å². The zero-order valence-electron chi connectivity index (χ0n) is 17.8. The quantitative estimate of drug-likeness (QED) is 0.671. The Balaban J connectivity index is 1.35. The second-order valence-corrected chi connectivity index (χ2v) is 7.56. The van der Waals surface area contributed by atoms with Crippen LogP contribution in [0.3, 0.4) is 0 Å². The zero-order chi connectivity index (χ0) is 22.1. The van der Waals surface area contributed by atoms with Gasteiger partial charge in [0.15, 0.2) is 0 Å². The predicted octanol–water partition coefficient (Wildman–Crippen LogP) is 2.72. The Bertz CT molecular complexity index is 875. The van der Waals surface area contributed by atoms with Gasteiger partial charge in [-0.3, -0.25) is 25.2 Å². The Kier molecular flexibility index (Phi) is 8.04. The van der Waals surface area contributed by atoms with Crippen molar-refractivity contribution < 1.29 is 19.1 Å². The van der Waals surface area contributed by atoms with Crippen LogP contribution >= 0.6 is 0 Å². The van der Waals surface area contributed by atoms with Crippen molar-refractivity contribution in [3.8, 4) is 5.75 Å². The minimum Gasteiger partial charge on any atom is -0.493 e. The number of amides is 3. The standard InChI is InChI=1S/C24H29N3O4/c1-2-18-8-10-19(11-9-18)23(29)25-26-24(30)20-12-15-27(16-13-20)22(28)14-17-31-21-6-4-3-5-7-21/h3-11,20H,2,12-17H2,1H3,(H,25,29)(H,26,30). The Morgan fingerprint density at radius 3 is 2.29 bits per heavy atom. The molecule has 7 heteroatoms. The molecule has 0 saturated carbocycles. The molecule has 2 N–H and O–H groups in total. The summed E-state index contributed by atoms with van der Waals surface area (Å²) in [5.41, 5.74) is 6.63. The number of carbonyl (C=O) groups excluding carboxylic acids is 3. The van der Waals surface area contributed by atoms with Gasteiger partial charge in [-0.1, -0.05) is 37.3 Å². The van der Waals surface area contributed by atoms with Gasteiger partial charge in [-0.25, -0.2) is 0 Å². The monoisotopic (exact) mass is 423 g/mol. The van der Waals surface area contributed by atoms with Crippen LogP contribution in [-0.2, 0) is 16.0 Å². The smallest absolute Gasteiger partial charge is 0.269 e. The summed E-state index contributed by atoms with van der Waals surface area (Å²) in [6, 6.07) is 16.7. The van der Waals surface area contributed by atoms with Crippen LogP contribution in [0.25, 0.3) is 0 Å². The summed E-state index contributed by atoms with van der Waals surface area (Å²) in [4.78, 5) is 38.7. The van der Waals surface area contributed by atoms with Crippen LogP contribution in [0, 0.1) is 5.92 Å². The van der Waals surface area contributed by atoms with Crippen LogP contribution in [0.4, 0.5) is 0 Å². The van der Waals surface area contributed by atoms with Crippen LogP contribution in [0.5, 0.6) is 5.75 Å². The molecule has 31 heavy (non-hydrogen) atoms. The van der Waals surface area contributed by atoms with Crippen molar-refractivity contribution in [3.05, 3.63) is 65.7 Å². The number of para-hydroxylation sites is 1. The van der Waals surface area contributed by atoms with E-state index in [1.807, 2.05) is 49.4 Å². The van der Waals surface area contributed by atoms with Crippen LogP contribution in [-0.4, -0.2) is 42.3 Å². The third kappa shape index (κ3) is 6.57. The predicted molar refractivity (Wildman–Crippen MR) is 117 cm³/mol. The summed E-state index contributed by atoms with van der Waals surface area (Å²) in [6.07, 6.45) is 2.34. The Hall–Kier alpha value is -3.35. The van der Waals surface area contributed by atoms with Gasteiger partial charge in [-0.2, -0.15) is 0 Å².